The third kappa shape index (κ3) is 6.00. The van der Waals surface area contributed by atoms with Gasteiger partial charge in [-0.3, -0.25) is 0 Å². The van der Waals surface area contributed by atoms with E-state index in [1.165, 1.54) is 0 Å². The summed E-state index contributed by atoms with van der Waals surface area (Å²) in [6.07, 6.45) is 0. The van der Waals surface area contributed by atoms with E-state index in [9.17, 15) is 19.8 Å². The molecule has 44 heavy (non-hydrogen) atoms. The van der Waals surface area contributed by atoms with E-state index in [2.05, 4.69) is 0 Å². The minimum Gasteiger partial charge on any atom is -0.526 e. The Kier molecular flexibility index (Phi) is 9.37. The predicted molar refractivity (Wildman–Crippen MR) is 180 cm³/mol. The standard InChI is InChI=1S/C36H40O6Si2/c1-35(2,3)43(27-19-11-7-12-20-27,28-21-13-8-14-22-28)41-31(33(37)38)32(34(39)40)42-44(36(4,5)6,29-23-15-9-16-24-29)30-25-17-10-18-26-30/h7-26H,1-6H3,(H,37,38)(H,39,40). The molecule has 4 aromatic rings. The van der Waals surface area contributed by atoms with Crippen LogP contribution < -0.4 is 20.7 Å². The monoisotopic (exact) mass is 624 g/mol. The molecule has 0 unspecified atom stereocenters. The molecule has 0 bridgehead atoms. The van der Waals surface area contributed by atoms with Crippen LogP contribution in [0, 0.1) is 0 Å². The molecule has 0 aliphatic carbocycles. The van der Waals surface area contributed by atoms with Crippen molar-refractivity contribution in [3.63, 3.8) is 0 Å². The van der Waals surface area contributed by atoms with Crippen molar-refractivity contribution in [2.24, 2.45) is 0 Å². The first kappa shape index (κ1) is 32.5. The molecule has 0 heterocycles. The largest absolute Gasteiger partial charge is 0.526 e. The van der Waals surface area contributed by atoms with Crippen molar-refractivity contribution in [1.29, 1.82) is 0 Å². The van der Waals surface area contributed by atoms with Crippen LogP contribution >= 0.6 is 0 Å². The Labute approximate surface area is 261 Å². The molecule has 8 heteroatoms. The molecule has 0 saturated carbocycles. The zero-order chi connectivity index (χ0) is 32.2. The second kappa shape index (κ2) is 12.7. The molecule has 4 rings (SSSR count). The van der Waals surface area contributed by atoms with Crippen LogP contribution in [0.3, 0.4) is 0 Å². The van der Waals surface area contributed by atoms with Crippen molar-refractivity contribution in [3.8, 4) is 0 Å². The van der Waals surface area contributed by atoms with Gasteiger partial charge < -0.3 is 19.1 Å². The molecule has 2 N–H and O–H groups in total. The van der Waals surface area contributed by atoms with Crippen molar-refractivity contribution in [2.75, 3.05) is 0 Å². The fraction of sp³-hybridized carbons (Fsp3) is 0.222. The second-order valence-electron chi connectivity index (χ2n) is 12.8. The molecule has 0 spiro atoms. The molecule has 0 radical (unpaired) electrons. The lowest BCUT2D eigenvalue weighted by Crippen LogP contribution is -2.68. The first-order chi connectivity index (χ1) is 20.8. The van der Waals surface area contributed by atoms with E-state index in [-0.39, 0.29) is 0 Å². The smallest absolute Gasteiger partial charge is 0.374 e. The molecule has 0 aliphatic heterocycles. The van der Waals surface area contributed by atoms with Gasteiger partial charge in [-0.1, -0.05) is 163 Å². The average molecular weight is 625 g/mol. The fourth-order valence-electron chi connectivity index (χ4n) is 5.98. The summed E-state index contributed by atoms with van der Waals surface area (Å²) in [7, 11) is -7.06. The maximum Gasteiger partial charge on any atom is 0.374 e. The summed E-state index contributed by atoms with van der Waals surface area (Å²) in [5, 5.41) is 23.6. The molecule has 4 aromatic carbocycles. The lowest BCUT2D eigenvalue weighted by atomic mass is 10.2. The summed E-state index contributed by atoms with van der Waals surface area (Å²) in [6, 6.07) is 38.0. The average Bonchev–Trinajstić information content (AvgIpc) is 2.99. The molecule has 0 aromatic heterocycles. The van der Waals surface area contributed by atoms with Gasteiger partial charge >= 0.3 is 28.6 Å². The van der Waals surface area contributed by atoms with Gasteiger partial charge in [-0.15, -0.1) is 0 Å². The highest BCUT2D eigenvalue weighted by molar-refractivity contribution is 7.00. The molecular formula is C36H40O6Si2. The van der Waals surface area contributed by atoms with Gasteiger partial charge in [0.05, 0.1) is 0 Å². The topological polar surface area (TPSA) is 93.1 Å². The summed E-state index contributed by atoms with van der Waals surface area (Å²) in [5.74, 6) is -4.43. The highest BCUT2D eigenvalue weighted by Crippen LogP contribution is 2.41. The van der Waals surface area contributed by atoms with Crippen molar-refractivity contribution < 1.29 is 28.7 Å². The number of benzene rings is 4. The Bertz CT molecular complexity index is 1410. The van der Waals surface area contributed by atoms with E-state index in [4.69, 9.17) is 8.85 Å². The molecule has 0 amide bonds. The summed E-state index contributed by atoms with van der Waals surface area (Å²) >= 11 is 0. The van der Waals surface area contributed by atoms with Crippen LogP contribution in [0.4, 0.5) is 0 Å². The van der Waals surface area contributed by atoms with Gasteiger partial charge in [0, 0.05) is 0 Å². The van der Waals surface area contributed by atoms with Gasteiger partial charge in [0.25, 0.3) is 0 Å². The van der Waals surface area contributed by atoms with Crippen LogP contribution in [-0.2, 0) is 18.4 Å². The molecule has 0 saturated heterocycles. The highest BCUT2D eigenvalue weighted by Gasteiger charge is 2.56. The first-order valence-electron chi connectivity index (χ1n) is 14.6. The number of carboxylic acid groups (broad SMARTS) is 2. The number of carboxylic acids is 2. The molecular weight excluding hydrogens is 585 g/mol. The Morgan fingerprint density at radius 1 is 0.455 bits per heavy atom. The van der Waals surface area contributed by atoms with Crippen LogP contribution in [0.25, 0.3) is 0 Å². The van der Waals surface area contributed by atoms with E-state index in [1.807, 2.05) is 163 Å². The van der Waals surface area contributed by atoms with Crippen LogP contribution in [0.1, 0.15) is 41.5 Å². The Balaban J connectivity index is 2.09. The van der Waals surface area contributed by atoms with Crippen molar-refractivity contribution in [3.05, 3.63) is 133 Å². The maximum atomic E-state index is 13.2. The summed E-state index contributed by atoms with van der Waals surface area (Å²) in [4.78, 5) is 26.5. The van der Waals surface area contributed by atoms with E-state index in [0.717, 1.165) is 20.7 Å². The van der Waals surface area contributed by atoms with Crippen molar-refractivity contribution in [2.45, 2.75) is 51.6 Å². The number of carbonyl (C=O) groups is 2. The van der Waals surface area contributed by atoms with Crippen molar-refractivity contribution in [1.82, 2.24) is 0 Å². The predicted octanol–water partition coefficient (Wildman–Crippen LogP) is 5.52. The minimum absolute atomic E-state index is 0.614. The summed E-state index contributed by atoms with van der Waals surface area (Å²) < 4.78 is 13.7. The molecule has 0 atom stereocenters. The van der Waals surface area contributed by atoms with Gasteiger partial charge in [0.1, 0.15) is 0 Å². The Morgan fingerprint density at radius 2 is 0.659 bits per heavy atom. The van der Waals surface area contributed by atoms with Gasteiger partial charge in [0.15, 0.2) is 0 Å². The first-order valence-corrected chi connectivity index (χ1v) is 18.4. The van der Waals surface area contributed by atoms with Crippen LogP contribution in [-0.4, -0.2) is 38.8 Å². The number of aliphatic carboxylic acids is 2. The molecule has 6 nitrogen and oxygen atoms in total. The number of hydrogen-bond donors (Lipinski definition) is 2. The van der Waals surface area contributed by atoms with Gasteiger partial charge in [-0.25, -0.2) is 9.59 Å². The minimum atomic E-state index is -3.53. The Hall–Kier alpha value is -4.41. The van der Waals surface area contributed by atoms with Crippen LogP contribution in [0.2, 0.25) is 10.1 Å². The van der Waals surface area contributed by atoms with E-state index in [1.54, 1.807) is 0 Å². The zero-order valence-electron chi connectivity index (χ0n) is 26.1. The van der Waals surface area contributed by atoms with Crippen LogP contribution in [0.15, 0.2) is 133 Å². The van der Waals surface area contributed by atoms with Gasteiger partial charge in [-0.2, -0.15) is 0 Å². The van der Waals surface area contributed by atoms with Gasteiger partial charge in [-0.05, 0) is 30.8 Å². The van der Waals surface area contributed by atoms with E-state index in [0.29, 0.717) is 0 Å². The number of rotatable bonds is 10. The van der Waals surface area contributed by atoms with Crippen LogP contribution in [0.5, 0.6) is 0 Å². The molecule has 0 aliphatic rings. The SMILES string of the molecule is CC(C)(C)[Si](OC(C(=O)O)=C(O[Si](c1ccccc1)(c1ccccc1)C(C)(C)C)C(=O)O)(c1ccccc1)c1ccccc1. The normalized spacial score (nSPS) is 13.0. The van der Waals surface area contributed by atoms with Gasteiger partial charge in [0.2, 0.25) is 11.5 Å². The molecule has 228 valence electrons. The number of hydrogen-bond acceptors (Lipinski definition) is 4. The quantitative estimate of drug-likeness (QED) is 0.137. The molecule has 0 fully saturated rings. The second-order valence-corrected chi connectivity index (χ2v) is 21.2. The van der Waals surface area contributed by atoms with E-state index >= 15 is 0 Å². The lowest BCUT2D eigenvalue weighted by Gasteiger charge is -2.45. The maximum absolute atomic E-state index is 13.2. The van der Waals surface area contributed by atoms with Crippen molar-refractivity contribution >= 4 is 49.3 Å². The third-order valence-corrected chi connectivity index (χ3v) is 17.8. The highest BCUT2D eigenvalue weighted by atomic mass is 28.4. The zero-order valence-corrected chi connectivity index (χ0v) is 28.1. The summed E-state index contributed by atoms with van der Waals surface area (Å²) in [6.45, 7) is 12.0. The lowest BCUT2D eigenvalue weighted by molar-refractivity contribution is -0.140. The van der Waals surface area contributed by atoms with E-state index < -0.39 is 50.2 Å². The Morgan fingerprint density at radius 3 is 0.818 bits per heavy atom. The summed E-state index contributed by atoms with van der Waals surface area (Å²) in [5.41, 5.74) is 0. The fourth-order valence-corrected chi connectivity index (χ4v) is 14.8. The third-order valence-electron chi connectivity index (χ3n) is 7.94.